The highest BCUT2D eigenvalue weighted by Crippen LogP contribution is 2.32. The molecule has 1 aromatic rings. The number of carbonyl (C=O) groups excluding carboxylic acids is 1. The Bertz CT molecular complexity index is 440. The van der Waals surface area contributed by atoms with Gasteiger partial charge in [-0.2, -0.15) is 0 Å². The molecular weight excluding hydrogens is 322 g/mol. The number of benzene rings is 1. The van der Waals surface area contributed by atoms with Crippen LogP contribution in [-0.4, -0.2) is 11.4 Å². The Morgan fingerprint density at radius 2 is 2.06 bits per heavy atom. The molecule has 0 unspecified atom stereocenters. The molecule has 6 heteroatoms. The smallest absolute Gasteiger partial charge is 0.244 e. The molecule has 0 fully saturated rings. The van der Waals surface area contributed by atoms with Gasteiger partial charge in [0.2, 0.25) is 5.91 Å². The van der Waals surface area contributed by atoms with Crippen LogP contribution in [0.2, 0.25) is 5.02 Å². The molecule has 3 nitrogen and oxygen atoms in total. The van der Waals surface area contributed by atoms with Gasteiger partial charge in [0.1, 0.15) is 5.82 Å². The second kappa shape index (κ2) is 5.99. The molecule has 0 aliphatic rings. The molecule has 0 radical (unpaired) electrons. The maximum atomic E-state index is 13.1. The fourth-order valence-corrected chi connectivity index (χ4v) is 2.37. The summed E-state index contributed by atoms with van der Waals surface area (Å²) < 4.78 is 13.4. The number of halogens is 3. The third-order valence-electron chi connectivity index (χ3n) is 2.96. The zero-order valence-electron chi connectivity index (χ0n) is 10.2. The van der Waals surface area contributed by atoms with Crippen LogP contribution in [0, 0.1) is 5.82 Å². The predicted octanol–water partition coefficient (Wildman–Crippen LogP) is 3.70. The Morgan fingerprint density at radius 1 is 1.50 bits per heavy atom. The van der Waals surface area contributed by atoms with Gasteiger partial charge in [-0.1, -0.05) is 25.4 Å². The first kappa shape index (κ1) is 15.4. The van der Waals surface area contributed by atoms with Crippen LogP contribution in [0.1, 0.15) is 26.7 Å². The molecule has 18 heavy (non-hydrogen) atoms. The summed E-state index contributed by atoms with van der Waals surface area (Å²) in [5.41, 5.74) is 5.36. The van der Waals surface area contributed by atoms with Crippen molar-refractivity contribution in [2.45, 2.75) is 32.2 Å². The summed E-state index contributed by atoms with van der Waals surface area (Å²) in [6.07, 6.45) is 1.01. The summed E-state index contributed by atoms with van der Waals surface area (Å²) in [5, 5.41) is 2.77. The third kappa shape index (κ3) is 3.22. The van der Waals surface area contributed by atoms with Crippen LogP contribution < -0.4 is 11.1 Å². The fraction of sp³-hybridized carbons (Fsp3) is 0.417. The second-order valence-electron chi connectivity index (χ2n) is 4.06. The molecule has 0 aliphatic carbocycles. The van der Waals surface area contributed by atoms with Gasteiger partial charge in [0.25, 0.3) is 0 Å². The van der Waals surface area contributed by atoms with Gasteiger partial charge >= 0.3 is 0 Å². The highest BCUT2D eigenvalue weighted by Gasteiger charge is 2.30. The van der Waals surface area contributed by atoms with E-state index in [1.165, 1.54) is 6.07 Å². The van der Waals surface area contributed by atoms with Crippen molar-refractivity contribution >= 4 is 39.1 Å². The lowest BCUT2D eigenvalue weighted by atomic mass is 9.93. The quantitative estimate of drug-likeness (QED) is 0.880. The van der Waals surface area contributed by atoms with E-state index in [9.17, 15) is 9.18 Å². The minimum Gasteiger partial charge on any atom is -0.322 e. The minimum atomic E-state index is -0.947. The third-order valence-corrected chi connectivity index (χ3v) is 3.88. The first-order chi connectivity index (χ1) is 8.34. The zero-order valence-corrected chi connectivity index (χ0v) is 12.5. The first-order valence-corrected chi connectivity index (χ1v) is 6.76. The van der Waals surface area contributed by atoms with Gasteiger partial charge < -0.3 is 11.1 Å². The van der Waals surface area contributed by atoms with Gasteiger partial charge in [0.05, 0.1) is 16.2 Å². The molecule has 3 N–H and O–H groups in total. The average molecular weight is 338 g/mol. The van der Waals surface area contributed by atoms with Crippen LogP contribution in [0.25, 0.3) is 0 Å². The van der Waals surface area contributed by atoms with E-state index in [1.54, 1.807) is 0 Å². The number of carbonyl (C=O) groups is 1. The molecule has 0 bridgehead atoms. The van der Waals surface area contributed by atoms with Crippen LogP contribution in [-0.2, 0) is 4.79 Å². The molecule has 0 aromatic heterocycles. The minimum absolute atomic E-state index is 0.129. The molecular formula is C12H15BrClFN2O. The molecule has 100 valence electrons. The van der Waals surface area contributed by atoms with Gasteiger partial charge in [-0.25, -0.2) is 4.39 Å². The van der Waals surface area contributed by atoms with E-state index in [4.69, 9.17) is 17.3 Å². The number of rotatable bonds is 4. The molecule has 0 saturated heterocycles. The number of anilines is 1. The lowest BCUT2D eigenvalue weighted by Crippen LogP contribution is -2.50. The lowest BCUT2D eigenvalue weighted by molar-refractivity contribution is -0.121. The molecule has 0 saturated carbocycles. The number of hydrogen-bond donors (Lipinski definition) is 2. The summed E-state index contributed by atoms with van der Waals surface area (Å²) in [7, 11) is 0. The van der Waals surface area contributed by atoms with E-state index < -0.39 is 11.4 Å². The van der Waals surface area contributed by atoms with Crippen molar-refractivity contribution in [1.82, 2.24) is 0 Å². The largest absolute Gasteiger partial charge is 0.322 e. The van der Waals surface area contributed by atoms with Crippen molar-refractivity contribution in [2.75, 3.05) is 5.32 Å². The first-order valence-electron chi connectivity index (χ1n) is 5.59. The van der Waals surface area contributed by atoms with Crippen LogP contribution in [0.4, 0.5) is 10.1 Å². The zero-order chi connectivity index (χ0) is 13.9. The Hall–Kier alpha value is -0.650. The van der Waals surface area contributed by atoms with Crippen LogP contribution in [0.5, 0.6) is 0 Å². The second-order valence-corrected chi connectivity index (χ2v) is 5.32. The van der Waals surface area contributed by atoms with E-state index in [-0.39, 0.29) is 10.9 Å². The van der Waals surface area contributed by atoms with Crippen molar-refractivity contribution < 1.29 is 9.18 Å². The standard InChI is InChI=1S/C12H15BrClFN2O/c1-3-12(16,4-2)11(18)17-10-8(13)5-7(15)6-9(10)14/h5-6H,3-4,16H2,1-2H3,(H,17,18). The molecule has 1 aromatic carbocycles. The fourth-order valence-electron chi connectivity index (χ4n) is 1.47. The SMILES string of the molecule is CCC(N)(CC)C(=O)Nc1c(Cl)cc(F)cc1Br. The maximum absolute atomic E-state index is 13.1. The van der Waals surface area contributed by atoms with Crippen molar-refractivity contribution in [3.05, 3.63) is 27.4 Å². The Kier molecular flexibility index (Phi) is 5.13. The summed E-state index contributed by atoms with van der Waals surface area (Å²) in [5.74, 6) is -0.809. The van der Waals surface area contributed by atoms with Crippen molar-refractivity contribution in [2.24, 2.45) is 5.73 Å². The van der Waals surface area contributed by atoms with E-state index in [1.807, 2.05) is 13.8 Å². The topological polar surface area (TPSA) is 55.1 Å². The van der Waals surface area contributed by atoms with E-state index in [0.717, 1.165) is 6.07 Å². The molecule has 0 heterocycles. The monoisotopic (exact) mass is 336 g/mol. The molecule has 1 amide bonds. The van der Waals surface area contributed by atoms with Crippen LogP contribution in [0.15, 0.2) is 16.6 Å². The number of hydrogen-bond acceptors (Lipinski definition) is 2. The highest BCUT2D eigenvalue weighted by atomic mass is 79.9. The van der Waals surface area contributed by atoms with Gasteiger partial charge in [-0.05, 0) is 40.9 Å². The number of nitrogens with one attached hydrogen (secondary N) is 1. The molecule has 0 spiro atoms. The van der Waals surface area contributed by atoms with Gasteiger partial charge in [0, 0.05) is 4.47 Å². The summed E-state index contributed by atoms with van der Waals surface area (Å²) in [4.78, 5) is 12.1. The van der Waals surface area contributed by atoms with Crippen LogP contribution in [0.3, 0.4) is 0 Å². The van der Waals surface area contributed by atoms with Gasteiger partial charge in [-0.15, -0.1) is 0 Å². The highest BCUT2D eigenvalue weighted by molar-refractivity contribution is 9.10. The Balaban J connectivity index is 3.02. The molecule has 0 atom stereocenters. The summed E-state index contributed by atoms with van der Waals surface area (Å²) in [6, 6.07) is 2.37. The van der Waals surface area contributed by atoms with E-state index >= 15 is 0 Å². The summed E-state index contributed by atoms with van der Waals surface area (Å²) in [6.45, 7) is 3.68. The predicted molar refractivity (Wildman–Crippen MR) is 75.2 cm³/mol. The van der Waals surface area contributed by atoms with Gasteiger partial charge in [0.15, 0.2) is 0 Å². The van der Waals surface area contributed by atoms with Crippen molar-refractivity contribution in [3.8, 4) is 0 Å². The number of amides is 1. The van der Waals surface area contributed by atoms with E-state index in [0.29, 0.717) is 23.0 Å². The Morgan fingerprint density at radius 3 is 2.50 bits per heavy atom. The maximum Gasteiger partial charge on any atom is 0.244 e. The van der Waals surface area contributed by atoms with Gasteiger partial charge in [-0.3, -0.25) is 4.79 Å². The van der Waals surface area contributed by atoms with Crippen molar-refractivity contribution in [1.29, 1.82) is 0 Å². The summed E-state index contributed by atoms with van der Waals surface area (Å²) >= 11 is 9.05. The lowest BCUT2D eigenvalue weighted by Gasteiger charge is -2.25. The van der Waals surface area contributed by atoms with Crippen LogP contribution >= 0.6 is 27.5 Å². The van der Waals surface area contributed by atoms with Crippen molar-refractivity contribution in [3.63, 3.8) is 0 Å². The number of nitrogens with two attached hydrogens (primary N) is 1. The van der Waals surface area contributed by atoms with E-state index in [2.05, 4.69) is 21.2 Å². The molecule has 0 aliphatic heterocycles. The average Bonchev–Trinajstić information content (AvgIpc) is 2.32. The molecule has 1 rings (SSSR count). The normalized spacial score (nSPS) is 11.4. The Labute approximate surface area is 119 Å².